The van der Waals surface area contributed by atoms with E-state index in [1.165, 1.54) is 12.1 Å². The molecule has 4 heteroatoms. The van der Waals surface area contributed by atoms with E-state index in [2.05, 4.69) is 11.8 Å². The highest BCUT2D eigenvalue weighted by molar-refractivity contribution is 6.21. The Hall–Kier alpha value is -0.670. The number of hydrogen-bond acceptors (Lipinski definition) is 1. The minimum Gasteiger partial charge on any atom is -0.305 e. The number of benzene rings is 1. The molecule has 17 heavy (non-hydrogen) atoms. The number of alkyl halides is 1. The number of rotatable bonds is 6. The minimum absolute atomic E-state index is 0.313. The lowest BCUT2D eigenvalue weighted by Crippen LogP contribution is -2.23. The van der Waals surface area contributed by atoms with Crippen LogP contribution in [0.15, 0.2) is 18.2 Å². The Bertz CT molecular complexity index is 357. The molecule has 0 aliphatic heterocycles. The van der Waals surface area contributed by atoms with Crippen molar-refractivity contribution < 1.29 is 8.78 Å². The molecule has 0 saturated heterocycles. The lowest BCUT2D eigenvalue weighted by Gasteiger charge is -2.20. The summed E-state index contributed by atoms with van der Waals surface area (Å²) in [5, 5.41) is -0.313. The van der Waals surface area contributed by atoms with Crippen LogP contribution < -0.4 is 0 Å². The SMILES string of the molecule is CCCCN(C)CC(Cl)c1ccc(F)c(F)c1. The number of hydrogen-bond donors (Lipinski definition) is 0. The first-order valence-electron chi connectivity index (χ1n) is 5.82. The first kappa shape index (κ1) is 14.4. The lowest BCUT2D eigenvalue weighted by atomic mass is 10.1. The molecule has 1 atom stereocenters. The Morgan fingerprint density at radius 2 is 2.00 bits per heavy atom. The van der Waals surface area contributed by atoms with E-state index < -0.39 is 11.6 Å². The van der Waals surface area contributed by atoms with Gasteiger partial charge in [0.25, 0.3) is 0 Å². The fourth-order valence-corrected chi connectivity index (χ4v) is 1.98. The van der Waals surface area contributed by atoms with Crippen LogP contribution in [0.5, 0.6) is 0 Å². The largest absolute Gasteiger partial charge is 0.305 e. The standard InChI is InChI=1S/C13H18ClF2N/c1-3-4-7-17(2)9-11(14)10-5-6-12(15)13(16)8-10/h5-6,8,11H,3-4,7,9H2,1-2H3. The van der Waals surface area contributed by atoms with Gasteiger partial charge in [-0.25, -0.2) is 8.78 Å². The second-order valence-electron chi connectivity index (χ2n) is 4.26. The van der Waals surface area contributed by atoms with Gasteiger partial charge in [0.1, 0.15) is 0 Å². The van der Waals surface area contributed by atoms with Crippen molar-refractivity contribution in [1.82, 2.24) is 4.90 Å². The fraction of sp³-hybridized carbons (Fsp3) is 0.538. The van der Waals surface area contributed by atoms with Crippen LogP contribution in [-0.2, 0) is 0 Å². The van der Waals surface area contributed by atoms with Gasteiger partial charge in [-0.05, 0) is 37.7 Å². The summed E-state index contributed by atoms with van der Waals surface area (Å²) in [6.45, 7) is 3.72. The second kappa shape index (κ2) is 6.92. The summed E-state index contributed by atoms with van der Waals surface area (Å²) in [7, 11) is 1.98. The van der Waals surface area contributed by atoms with Gasteiger partial charge in [0.2, 0.25) is 0 Å². The average Bonchev–Trinajstić information content (AvgIpc) is 2.30. The van der Waals surface area contributed by atoms with E-state index >= 15 is 0 Å². The van der Waals surface area contributed by atoms with E-state index in [4.69, 9.17) is 11.6 Å². The summed E-state index contributed by atoms with van der Waals surface area (Å²) in [5.41, 5.74) is 0.619. The van der Waals surface area contributed by atoms with Crippen molar-refractivity contribution in [2.45, 2.75) is 25.1 Å². The molecule has 1 unspecified atom stereocenters. The van der Waals surface area contributed by atoms with Crippen molar-refractivity contribution >= 4 is 11.6 Å². The molecule has 0 heterocycles. The van der Waals surface area contributed by atoms with E-state index in [0.29, 0.717) is 12.1 Å². The first-order valence-corrected chi connectivity index (χ1v) is 6.25. The summed E-state index contributed by atoms with van der Waals surface area (Å²) < 4.78 is 25.8. The molecule has 0 aliphatic carbocycles. The van der Waals surface area contributed by atoms with Gasteiger partial charge in [0.15, 0.2) is 11.6 Å². The summed E-state index contributed by atoms with van der Waals surface area (Å²) in [6.07, 6.45) is 2.24. The lowest BCUT2D eigenvalue weighted by molar-refractivity contribution is 0.328. The molecule has 0 N–H and O–H groups in total. The van der Waals surface area contributed by atoms with Crippen LogP contribution in [-0.4, -0.2) is 25.0 Å². The highest BCUT2D eigenvalue weighted by atomic mass is 35.5. The third-order valence-corrected chi connectivity index (χ3v) is 3.06. The van der Waals surface area contributed by atoms with Crippen molar-refractivity contribution in [2.24, 2.45) is 0 Å². The zero-order valence-corrected chi connectivity index (χ0v) is 11.0. The Kier molecular flexibility index (Phi) is 5.86. The molecule has 0 saturated carbocycles. The number of likely N-dealkylation sites (N-methyl/N-ethyl adjacent to an activating group) is 1. The van der Waals surface area contributed by atoms with Gasteiger partial charge in [-0.2, -0.15) is 0 Å². The van der Waals surface area contributed by atoms with E-state index in [0.717, 1.165) is 25.5 Å². The van der Waals surface area contributed by atoms with Crippen LogP contribution in [0.1, 0.15) is 30.7 Å². The van der Waals surface area contributed by atoms with Crippen molar-refractivity contribution in [1.29, 1.82) is 0 Å². The van der Waals surface area contributed by atoms with E-state index in [-0.39, 0.29) is 5.38 Å². The molecular formula is C13H18ClF2N. The predicted molar refractivity (Wildman–Crippen MR) is 67.4 cm³/mol. The van der Waals surface area contributed by atoms with Crippen molar-refractivity contribution in [3.63, 3.8) is 0 Å². The molecule has 1 nitrogen and oxygen atoms in total. The summed E-state index contributed by atoms with van der Waals surface area (Å²) >= 11 is 6.17. The number of unbranched alkanes of at least 4 members (excludes halogenated alkanes) is 1. The molecule has 0 aliphatic rings. The van der Waals surface area contributed by atoms with E-state index in [1.54, 1.807) is 0 Å². The van der Waals surface area contributed by atoms with Gasteiger partial charge >= 0.3 is 0 Å². The van der Waals surface area contributed by atoms with Gasteiger partial charge < -0.3 is 4.90 Å². The number of nitrogens with zero attached hydrogens (tertiary/aromatic N) is 1. The summed E-state index contributed by atoms with van der Waals surface area (Å²) in [5.74, 6) is -1.68. The van der Waals surface area contributed by atoms with Gasteiger partial charge in [-0.3, -0.25) is 0 Å². The van der Waals surface area contributed by atoms with Crippen LogP contribution in [0, 0.1) is 11.6 Å². The highest BCUT2D eigenvalue weighted by Gasteiger charge is 2.13. The molecular weight excluding hydrogens is 244 g/mol. The molecule has 0 bridgehead atoms. The molecule has 0 aromatic heterocycles. The van der Waals surface area contributed by atoms with Crippen LogP contribution >= 0.6 is 11.6 Å². The fourth-order valence-electron chi connectivity index (χ4n) is 1.61. The third kappa shape index (κ3) is 4.60. The first-order chi connectivity index (χ1) is 8.04. The minimum atomic E-state index is -0.843. The van der Waals surface area contributed by atoms with Gasteiger partial charge in [-0.15, -0.1) is 11.6 Å². The number of halogens is 3. The third-order valence-electron chi connectivity index (χ3n) is 2.67. The van der Waals surface area contributed by atoms with E-state index in [9.17, 15) is 8.78 Å². The Morgan fingerprint density at radius 3 is 2.59 bits per heavy atom. The zero-order valence-electron chi connectivity index (χ0n) is 10.2. The second-order valence-corrected chi connectivity index (χ2v) is 4.78. The quantitative estimate of drug-likeness (QED) is 0.700. The van der Waals surface area contributed by atoms with Crippen molar-refractivity contribution in [2.75, 3.05) is 20.1 Å². The molecule has 0 fully saturated rings. The topological polar surface area (TPSA) is 3.24 Å². The highest BCUT2D eigenvalue weighted by Crippen LogP contribution is 2.23. The molecule has 0 radical (unpaired) electrons. The molecule has 96 valence electrons. The zero-order chi connectivity index (χ0) is 12.8. The predicted octanol–water partition coefficient (Wildman–Crippen LogP) is 3.98. The summed E-state index contributed by atoms with van der Waals surface area (Å²) in [4.78, 5) is 2.10. The van der Waals surface area contributed by atoms with Crippen molar-refractivity contribution in [3.8, 4) is 0 Å². The maximum absolute atomic E-state index is 13.0. The Morgan fingerprint density at radius 1 is 1.29 bits per heavy atom. The average molecular weight is 262 g/mol. The van der Waals surface area contributed by atoms with Gasteiger partial charge in [0, 0.05) is 6.54 Å². The van der Waals surface area contributed by atoms with E-state index in [1.807, 2.05) is 7.05 Å². The van der Waals surface area contributed by atoms with Crippen LogP contribution in [0.3, 0.4) is 0 Å². The maximum Gasteiger partial charge on any atom is 0.159 e. The molecule has 1 rings (SSSR count). The van der Waals surface area contributed by atoms with Crippen LogP contribution in [0.25, 0.3) is 0 Å². The van der Waals surface area contributed by atoms with Crippen molar-refractivity contribution in [3.05, 3.63) is 35.4 Å². The van der Waals surface area contributed by atoms with Crippen LogP contribution in [0.4, 0.5) is 8.78 Å². The molecule has 1 aromatic rings. The normalized spacial score (nSPS) is 13.1. The molecule has 1 aromatic carbocycles. The maximum atomic E-state index is 13.0. The van der Waals surface area contributed by atoms with Crippen LogP contribution in [0.2, 0.25) is 0 Å². The Balaban J connectivity index is 2.57. The Labute approximate surface area is 106 Å². The smallest absolute Gasteiger partial charge is 0.159 e. The molecule has 0 spiro atoms. The summed E-state index contributed by atoms with van der Waals surface area (Å²) in [6, 6.07) is 3.82. The van der Waals surface area contributed by atoms with Gasteiger partial charge in [-0.1, -0.05) is 19.4 Å². The van der Waals surface area contributed by atoms with Gasteiger partial charge in [0.05, 0.1) is 5.38 Å². The molecule has 0 amide bonds. The monoisotopic (exact) mass is 261 g/mol.